The van der Waals surface area contributed by atoms with Gasteiger partial charge in [0, 0.05) is 4.47 Å². The van der Waals surface area contributed by atoms with Gasteiger partial charge in [0.15, 0.2) is 0 Å². The second kappa shape index (κ2) is 3.16. The Bertz CT molecular complexity index is 374. The number of ether oxygens (including phenoxy) is 1. The molecule has 0 atom stereocenters. The largest absolute Gasteiger partial charge is 0.484 e. The van der Waals surface area contributed by atoms with Crippen LogP contribution in [-0.4, -0.2) is 12.1 Å². The quantitative estimate of drug-likeness (QED) is 0.768. The second-order valence-electron chi connectivity index (χ2n) is 4.31. The van der Waals surface area contributed by atoms with Crippen molar-refractivity contribution < 1.29 is 4.74 Å². The van der Waals surface area contributed by atoms with Crippen molar-refractivity contribution in [2.45, 2.75) is 26.4 Å². The molecule has 0 amide bonds. The van der Waals surface area contributed by atoms with E-state index in [1.54, 1.807) is 0 Å². The SMILES string of the molecule is Cc1cc2c(cc1Br)NCC(C)(C)O2. The zero-order valence-electron chi connectivity index (χ0n) is 8.65. The lowest BCUT2D eigenvalue weighted by molar-refractivity contribution is 0.116. The minimum Gasteiger partial charge on any atom is -0.484 e. The summed E-state index contributed by atoms with van der Waals surface area (Å²) in [5.74, 6) is 0.946. The molecular weight excluding hydrogens is 242 g/mol. The maximum absolute atomic E-state index is 5.87. The Morgan fingerprint density at radius 3 is 2.86 bits per heavy atom. The van der Waals surface area contributed by atoms with Crippen LogP contribution >= 0.6 is 15.9 Å². The molecule has 3 heteroatoms. The number of rotatable bonds is 0. The van der Waals surface area contributed by atoms with Gasteiger partial charge in [0.05, 0.1) is 12.2 Å². The van der Waals surface area contributed by atoms with E-state index in [1.165, 1.54) is 5.56 Å². The molecule has 1 heterocycles. The van der Waals surface area contributed by atoms with Crippen LogP contribution in [0.15, 0.2) is 16.6 Å². The van der Waals surface area contributed by atoms with Crippen molar-refractivity contribution in [1.29, 1.82) is 0 Å². The van der Waals surface area contributed by atoms with E-state index in [0.717, 1.165) is 22.5 Å². The monoisotopic (exact) mass is 255 g/mol. The van der Waals surface area contributed by atoms with E-state index in [1.807, 2.05) is 0 Å². The van der Waals surface area contributed by atoms with Crippen LogP contribution in [0.25, 0.3) is 0 Å². The summed E-state index contributed by atoms with van der Waals surface area (Å²) in [5, 5.41) is 3.37. The Morgan fingerprint density at radius 2 is 2.14 bits per heavy atom. The highest BCUT2D eigenvalue weighted by atomic mass is 79.9. The average molecular weight is 256 g/mol. The summed E-state index contributed by atoms with van der Waals surface area (Å²) in [6.45, 7) is 7.07. The summed E-state index contributed by atoms with van der Waals surface area (Å²) in [5.41, 5.74) is 2.15. The lowest BCUT2D eigenvalue weighted by atomic mass is 10.1. The summed E-state index contributed by atoms with van der Waals surface area (Å²) in [4.78, 5) is 0. The first kappa shape index (κ1) is 9.84. The van der Waals surface area contributed by atoms with Crippen LogP contribution < -0.4 is 10.1 Å². The third-order valence-corrected chi connectivity index (χ3v) is 3.21. The molecule has 1 aromatic carbocycles. The van der Waals surface area contributed by atoms with E-state index in [-0.39, 0.29) is 5.60 Å². The number of hydrogen-bond acceptors (Lipinski definition) is 2. The highest BCUT2D eigenvalue weighted by Crippen LogP contribution is 2.36. The zero-order valence-corrected chi connectivity index (χ0v) is 10.2. The molecule has 2 rings (SSSR count). The highest BCUT2D eigenvalue weighted by molar-refractivity contribution is 9.10. The van der Waals surface area contributed by atoms with Crippen LogP contribution in [-0.2, 0) is 0 Å². The minimum absolute atomic E-state index is 0.118. The van der Waals surface area contributed by atoms with Crippen molar-refractivity contribution >= 4 is 21.6 Å². The third-order valence-electron chi connectivity index (χ3n) is 2.35. The molecule has 0 aromatic heterocycles. The van der Waals surface area contributed by atoms with Crippen LogP contribution in [0.1, 0.15) is 19.4 Å². The van der Waals surface area contributed by atoms with E-state index in [2.05, 4.69) is 54.2 Å². The Morgan fingerprint density at radius 1 is 1.43 bits per heavy atom. The van der Waals surface area contributed by atoms with Gasteiger partial charge in [-0.3, -0.25) is 0 Å². The molecule has 0 bridgehead atoms. The molecule has 14 heavy (non-hydrogen) atoms. The summed E-state index contributed by atoms with van der Waals surface area (Å²) in [7, 11) is 0. The van der Waals surface area contributed by atoms with Crippen LogP contribution in [0.5, 0.6) is 5.75 Å². The number of aryl methyl sites for hydroxylation is 1. The van der Waals surface area contributed by atoms with Crippen molar-refractivity contribution in [2.75, 3.05) is 11.9 Å². The van der Waals surface area contributed by atoms with E-state index >= 15 is 0 Å². The van der Waals surface area contributed by atoms with Crippen molar-refractivity contribution in [1.82, 2.24) is 0 Å². The standard InChI is InChI=1S/C11H14BrNO/c1-7-4-10-9(5-8(7)12)13-6-11(2,3)14-10/h4-5,13H,6H2,1-3H3. The molecule has 2 nitrogen and oxygen atoms in total. The smallest absolute Gasteiger partial charge is 0.143 e. The lowest BCUT2D eigenvalue weighted by Crippen LogP contribution is -2.40. The van der Waals surface area contributed by atoms with E-state index in [0.29, 0.717) is 0 Å². The Hall–Kier alpha value is -0.700. The molecule has 0 fully saturated rings. The molecule has 0 aliphatic carbocycles. The first-order valence-electron chi connectivity index (χ1n) is 4.71. The maximum Gasteiger partial charge on any atom is 0.143 e. The molecule has 0 radical (unpaired) electrons. The van der Waals surface area contributed by atoms with Gasteiger partial charge in [-0.15, -0.1) is 0 Å². The van der Waals surface area contributed by atoms with Crippen molar-refractivity contribution in [3.05, 3.63) is 22.2 Å². The fourth-order valence-electron chi connectivity index (χ4n) is 1.52. The first-order chi connectivity index (χ1) is 6.48. The number of nitrogens with one attached hydrogen (secondary N) is 1. The fraction of sp³-hybridized carbons (Fsp3) is 0.455. The number of hydrogen-bond donors (Lipinski definition) is 1. The molecule has 1 aliphatic rings. The van der Waals surface area contributed by atoms with E-state index in [4.69, 9.17) is 4.74 Å². The van der Waals surface area contributed by atoms with Gasteiger partial charge in [-0.1, -0.05) is 15.9 Å². The molecule has 0 spiro atoms. The first-order valence-corrected chi connectivity index (χ1v) is 5.50. The molecule has 76 valence electrons. The third kappa shape index (κ3) is 1.73. The summed E-state index contributed by atoms with van der Waals surface area (Å²) in [6.07, 6.45) is 0. The van der Waals surface area contributed by atoms with Gasteiger partial charge < -0.3 is 10.1 Å². The van der Waals surface area contributed by atoms with Gasteiger partial charge in [-0.05, 0) is 38.5 Å². The van der Waals surface area contributed by atoms with Gasteiger partial charge in [0.2, 0.25) is 0 Å². The predicted octanol–water partition coefficient (Wildman–Crippen LogP) is 3.34. The summed E-state index contributed by atoms with van der Waals surface area (Å²) >= 11 is 3.51. The number of anilines is 1. The summed E-state index contributed by atoms with van der Waals surface area (Å²) in [6, 6.07) is 4.13. The van der Waals surface area contributed by atoms with Gasteiger partial charge in [0.25, 0.3) is 0 Å². The van der Waals surface area contributed by atoms with E-state index < -0.39 is 0 Å². The van der Waals surface area contributed by atoms with Gasteiger partial charge in [0.1, 0.15) is 11.4 Å². The molecule has 1 aliphatic heterocycles. The van der Waals surface area contributed by atoms with E-state index in [9.17, 15) is 0 Å². The second-order valence-corrected chi connectivity index (χ2v) is 5.17. The minimum atomic E-state index is -0.118. The number of benzene rings is 1. The van der Waals surface area contributed by atoms with Gasteiger partial charge in [-0.25, -0.2) is 0 Å². The lowest BCUT2D eigenvalue weighted by Gasteiger charge is -2.33. The van der Waals surface area contributed by atoms with Crippen LogP contribution in [0.3, 0.4) is 0 Å². The van der Waals surface area contributed by atoms with Crippen molar-refractivity contribution in [2.24, 2.45) is 0 Å². The normalized spacial score (nSPS) is 18.0. The van der Waals surface area contributed by atoms with Crippen LogP contribution in [0, 0.1) is 6.92 Å². The highest BCUT2D eigenvalue weighted by Gasteiger charge is 2.26. The number of fused-ring (bicyclic) bond motifs is 1. The Labute approximate surface area is 92.8 Å². The topological polar surface area (TPSA) is 21.3 Å². The summed E-state index contributed by atoms with van der Waals surface area (Å²) < 4.78 is 6.99. The number of halogens is 1. The molecule has 0 saturated heterocycles. The van der Waals surface area contributed by atoms with Gasteiger partial charge >= 0.3 is 0 Å². The van der Waals surface area contributed by atoms with Crippen LogP contribution in [0.4, 0.5) is 5.69 Å². The molecule has 0 unspecified atom stereocenters. The molecule has 1 aromatic rings. The molecular formula is C11H14BrNO. The zero-order chi connectivity index (χ0) is 10.3. The molecule has 0 saturated carbocycles. The van der Waals surface area contributed by atoms with Gasteiger partial charge in [-0.2, -0.15) is 0 Å². The predicted molar refractivity (Wildman–Crippen MR) is 62.1 cm³/mol. The fourth-order valence-corrected chi connectivity index (χ4v) is 1.86. The Kier molecular flexibility index (Phi) is 2.22. The molecule has 1 N–H and O–H groups in total. The van der Waals surface area contributed by atoms with Crippen molar-refractivity contribution in [3.63, 3.8) is 0 Å². The maximum atomic E-state index is 5.87. The Balaban J connectivity index is 2.43. The van der Waals surface area contributed by atoms with Crippen molar-refractivity contribution in [3.8, 4) is 5.75 Å². The van der Waals surface area contributed by atoms with Crippen LogP contribution in [0.2, 0.25) is 0 Å². The average Bonchev–Trinajstić information content (AvgIpc) is 2.07.